The summed E-state index contributed by atoms with van der Waals surface area (Å²) in [5.74, 6) is -0.310. The Balaban J connectivity index is 1.93. The lowest BCUT2D eigenvalue weighted by atomic mass is 9.89. The molecule has 1 aromatic carbocycles. The van der Waals surface area contributed by atoms with Crippen LogP contribution in [0.15, 0.2) is 24.3 Å². The molecule has 190 valence electrons. The molecule has 1 saturated heterocycles. The van der Waals surface area contributed by atoms with Gasteiger partial charge in [-0.05, 0) is 30.5 Å². The zero-order valence-corrected chi connectivity index (χ0v) is 19.7. The molecule has 5 N–H and O–H groups in total. The SMILES string of the molecule is COc1ccc(CN(C(C)=O)C(C(=O)NC2CCCCC2)[C@@H]2O[C@H](CO)[C@@H](O)[C@H](O)[C@H]2O)cc1. The molecular weight excluding hydrogens is 444 g/mol. The number of hydrogen-bond acceptors (Lipinski definition) is 8. The summed E-state index contributed by atoms with van der Waals surface area (Å²) in [5.41, 5.74) is 0.719. The first-order valence-corrected chi connectivity index (χ1v) is 11.8. The molecule has 1 aliphatic carbocycles. The van der Waals surface area contributed by atoms with Crippen molar-refractivity contribution in [1.29, 1.82) is 0 Å². The van der Waals surface area contributed by atoms with E-state index in [1.165, 1.54) is 11.8 Å². The summed E-state index contributed by atoms with van der Waals surface area (Å²) in [6.45, 7) is 0.725. The second-order valence-corrected chi connectivity index (χ2v) is 9.08. The molecule has 1 saturated carbocycles. The van der Waals surface area contributed by atoms with Crippen LogP contribution in [0.1, 0.15) is 44.6 Å². The smallest absolute Gasteiger partial charge is 0.245 e. The minimum atomic E-state index is -1.66. The number of ether oxygens (including phenoxy) is 2. The Morgan fingerprint density at radius 3 is 2.29 bits per heavy atom. The molecule has 10 nitrogen and oxygen atoms in total. The third kappa shape index (κ3) is 6.05. The molecule has 1 unspecified atom stereocenters. The number of hydrogen-bond donors (Lipinski definition) is 5. The fourth-order valence-electron chi connectivity index (χ4n) is 4.73. The Morgan fingerprint density at radius 2 is 1.74 bits per heavy atom. The van der Waals surface area contributed by atoms with Crippen LogP contribution in [0, 0.1) is 0 Å². The minimum absolute atomic E-state index is 0.0388. The Morgan fingerprint density at radius 1 is 1.09 bits per heavy atom. The first kappa shape index (κ1) is 26.4. The van der Waals surface area contributed by atoms with Crippen molar-refractivity contribution < 1.29 is 39.5 Å². The maximum Gasteiger partial charge on any atom is 0.245 e. The average molecular weight is 481 g/mol. The van der Waals surface area contributed by atoms with E-state index in [4.69, 9.17) is 9.47 Å². The number of rotatable bonds is 8. The van der Waals surface area contributed by atoms with Crippen LogP contribution >= 0.6 is 0 Å². The van der Waals surface area contributed by atoms with Gasteiger partial charge in [-0.2, -0.15) is 0 Å². The minimum Gasteiger partial charge on any atom is -0.497 e. The molecule has 34 heavy (non-hydrogen) atoms. The summed E-state index contributed by atoms with van der Waals surface area (Å²) in [4.78, 5) is 27.6. The van der Waals surface area contributed by atoms with Gasteiger partial charge in [0.05, 0.1) is 13.7 Å². The standard InChI is InChI=1S/C24H36N2O8/c1-14(28)26(12-15-8-10-17(33-2)11-9-15)19(24(32)25-16-6-4-3-5-7-16)23-22(31)21(30)20(29)18(13-27)34-23/h8-11,16,18-23,27,29-31H,3-7,12-13H2,1-2H3,(H,25,32)/t18-,19?,20-,21+,22-,23+/m1/s1. The molecule has 2 amide bonds. The van der Waals surface area contributed by atoms with E-state index in [2.05, 4.69) is 5.32 Å². The van der Waals surface area contributed by atoms with E-state index < -0.39 is 55.0 Å². The van der Waals surface area contributed by atoms with Crippen LogP contribution in [-0.2, 0) is 20.9 Å². The highest BCUT2D eigenvalue weighted by molar-refractivity contribution is 5.88. The van der Waals surface area contributed by atoms with Gasteiger partial charge in [0.15, 0.2) is 0 Å². The third-order valence-corrected chi connectivity index (χ3v) is 6.71. The maximum atomic E-state index is 13.6. The number of nitrogens with one attached hydrogen (secondary N) is 1. The Hall–Kier alpha value is -2.24. The van der Waals surface area contributed by atoms with Crippen molar-refractivity contribution in [3.05, 3.63) is 29.8 Å². The predicted octanol–water partition coefficient (Wildman–Crippen LogP) is -0.296. The summed E-state index contributed by atoms with van der Waals surface area (Å²) in [6, 6.07) is 5.63. The van der Waals surface area contributed by atoms with Gasteiger partial charge in [-0.25, -0.2) is 0 Å². The van der Waals surface area contributed by atoms with Gasteiger partial charge in [-0.3, -0.25) is 9.59 Å². The molecule has 0 spiro atoms. The third-order valence-electron chi connectivity index (χ3n) is 6.71. The summed E-state index contributed by atoms with van der Waals surface area (Å²) in [6.07, 6.45) is -2.74. The second kappa shape index (κ2) is 11.9. The van der Waals surface area contributed by atoms with Crippen molar-refractivity contribution in [3.63, 3.8) is 0 Å². The van der Waals surface area contributed by atoms with E-state index >= 15 is 0 Å². The predicted molar refractivity (Wildman–Crippen MR) is 122 cm³/mol. The molecule has 0 aromatic heterocycles. The summed E-state index contributed by atoms with van der Waals surface area (Å²) < 4.78 is 10.9. The van der Waals surface area contributed by atoms with Crippen LogP contribution in [0.3, 0.4) is 0 Å². The van der Waals surface area contributed by atoms with Crippen molar-refractivity contribution in [2.45, 2.75) is 88.2 Å². The number of carbonyl (C=O) groups excluding carboxylic acids is 2. The molecule has 0 radical (unpaired) electrons. The van der Waals surface area contributed by atoms with Crippen molar-refractivity contribution >= 4 is 11.8 Å². The van der Waals surface area contributed by atoms with Crippen LogP contribution in [-0.4, -0.2) is 93.5 Å². The lowest BCUT2D eigenvalue weighted by Crippen LogP contribution is -2.67. The van der Waals surface area contributed by atoms with Crippen LogP contribution in [0.2, 0.25) is 0 Å². The van der Waals surface area contributed by atoms with Gasteiger partial charge in [-0.15, -0.1) is 0 Å². The molecule has 2 fully saturated rings. The van der Waals surface area contributed by atoms with Gasteiger partial charge in [0, 0.05) is 19.5 Å². The van der Waals surface area contributed by atoms with Crippen LogP contribution in [0.25, 0.3) is 0 Å². The Kier molecular flexibility index (Phi) is 9.26. The first-order chi connectivity index (χ1) is 16.3. The van der Waals surface area contributed by atoms with E-state index in [1.54, 1.807) is 31.4 Å². The molecule has 1 heterocycles. The zero-order valence-electron chi connectivity index (χ0n) is 19.7. The lowest BCUT2D eigenvalue weighted by molar-refractivity contribution is -0.241. The molecule has 1 aromatic rings. The lowest BCUT2D eigenvalue weighted by Gasteiger charge is -2.45. The fraction of sp³-hybridized carbons (Fsp3) is 0.667. The highest BCUT2D eigenvalue weighted by Gasteiger charge is 2.50. The quantitative estimate of drug-likeness (QED) is 0.341. The maximum absolute atomic E-state index is 13.6. The molecule has 3 rings (SSSR count). The van der Waals surface area contributed by atoms with E-state index in [1.807, 2.05) is 0 Å². The summed E-state index contributed by atoms with van der Waals surface area (Å²) in [7, 11) is 1.54. The number of benzene rings is 1. The monoisotopic (exact) mass is 480 g/mol. The van der Waals surface area contributed by atoms with Gasteiger partial charge in [0.1, 0.15) is 42.3 Å². The average Bonchev–Trinajstić information content (AvgIpc) is 2.84. The normalized spacial score (nSPS) is 28.7. The number of methoxy groups -OCH3 is 1. The molecule has 0 bridgehead atoms. The van der Waals surface area contributed by atoms with E-state index in [-0.39, 0.29) is 12.6 Å². The van der Waals surface area contributed by atoms with Crippen molar-refractivity contribution in [3.8, 4) is 5.75 Å². The van der Waals surface area contributed by atoms with Crippen molar-refractivity contribution in [2.24, 2.45) is 0 Å². The first-order valence-electron chi connectivity index (χ1n) is 11.8. The van der Waals surface area contributed by atoms with Gasteiger partial charge in [0.25, 0.3) is 0 Å². The van der Waals surface area contributed by atoms with E-state index in [0.717, 1.165) is 37.7 Å². The number of aliphatic hydroxyl groups is 4. The van der Waals surface area contributed by atoms with Crippen LogP contribution in [0.4, 0.5) is 0 Å². The van der Waals surface area contributed by atoms with Crippen molar-refractivity contribution in [2.75, 3.05) is 13.7 Å². The number of nitrogens with zero attached hydrogens (tertiary/aromatic N) is 1. The van der Waals surface area contributed by atoms with Gasteiger partial charge in [0.2, 0.25) is 11.8 Å². The highest BCUT2D eigenvalue weighted by atomic mass is 16.5. The topological polar surface area (TPSA) is 149 Å². The molecule has 10 heteroatoms. The van der Waals surface area contributed by atoms with Crippen LogP contribution in [0.5, 0.6) is 5.75 Å². The van der Waals surface area contributed by atoms with Gasteiger partial charge >= 0.3 is 0 Å². The number of carbonyl (C=O) groups is 2. The van der Waals surface area contributed by atoms with E-state index in [0.29, 0.717) is 5.75 Å². The fourth-order valence-corrected chi connectivity index (χ4v) is 4.73. The largest absolute Gasteiger partial charge is 0.497 e. The van der Waals surface area contributed by atoms with Gasteiger partial charge in [-0.1, -0.05) is 31.4 Å². The van der Waals surface area contributed by atoms with Gasteiger partial charge < -0.3 is 40.1 Å². The highest BCUT2D eigenvalue weighted by Crippen LogP contribution is 2.28. The summed E-state index contributed by atoms with van der Waals surface area (Å²) >= 11 is 0. The number of amides is 2. The summed E-state index contributed by atoms with van der Waals surface area (Å²) in [5, 5.41) is 43.9. The zero-order chi connectivity index (χ0) is 24.8. The number of aliphatic hydroxyl groups excluding tert-OH is 4. The molecule has 1 aliphatic heterocycles. The Bertz CT molecular complexity index is 812. The van der Waals surface area contributed by atoms with Crippen LogP contribution < -0.4 is 10.1 Å². The van der Waals surface area contributed by atoms with Crippen molar-refractivity contribution in [1.82, 2.24) is 10.2 Å². The Labute approximate surface area is 199 Å². The van der Waals surface area contributed by atoms with E-state index in [9.17, 15) is 30.0 Å². The second-order valence-electron chi connectivity index (χ2n) is 9.08. The molecule has 6 atom stereocenters. The molecule has 2 aliphatic rings. The molecular formula is C24H36N2O8.